The fraction of sp³-hybridized carbons (Fsp3) is 0.125. The molecule has 7 heteroatoms. The number of nitrogen functional groups attached to an aromatic ring is 1. The van der Waals surface area contributed by atoms with Crippen LogP contribution in [0.15, 0.2) is 16.6 Å². The minimum Gasteiger partial charge on any atom is -0.404 e. The first-order chi connectivity index (χ1) is 6.85. The number of anilines is 1. The Morgan fingerprint density at radius 2 is 2.00 bits per heavy atom. The van der Waals surface area contributed by atoms with Crippen molar-refractivity contribution < 1.29 is 17.9 Å². The molecule has 0 radical (unpaired) electrons. The van der Waals surface area contributed by atoms with E-state index in [1.165, 1.54) is 6.07 Å². The monoisotopic (exact) mass is 280 g/mol. The minimum absolute atomic E-state index is 0.0896. The molecule has 0 atom stereocenters. The molecule has 1 aromatic rings. The van der Waals surface area contributed by atoms with Crippen LogP contribution in [0.4, 0.5) is 18.9 Å². The molecule has 3 nitrogen and oxygen atoms in total. The molecule has 0 aromatic heterocycles. The molecule has 0 aliphatic heterocycles. The fourth-order valence-electron chi connectivity index (χ4n) is 0.888. The molecular weight excluding hydrogens is 277 g/mol. The molecule has 0 saturated carbocycles. The zero-order valence-corrected chi connectivity index (χ0v) is 8.69. The molecule has 1 rings (SSSR count). The van der Waals surface area contributed by atoms with Gasteiger partial charge in [-0.25, -0.2) is 0 Å². The van der Waals surface area contributed by atoms with Gasteiger partial charge < -0.3 is 10.5 Å². The molecule has 15 heavy (non-hydrogen) atoms. The number of nitriles is 1. The van der Waals surface area contributed by atoms with E-state index < -0.39 is 12.1 Å². The largest absolute Gasteiger partial charge is 0.573 e. The van der Waals surface area contributed by atoms with E-state index in [1.54, 1.807) is 6.07 Å². The van der Waals surface area contributed by atoms with Gasteiger partial charge in [0.15, 0.2) is 0 Å². The highest BCUT2D eigenvalue weighted by Gasteiger charge is 2.32. The van der Waals surface area contributed by atoms with Crippen LogP contribution in [0.3, 0.4) is 0 Å². The molecule has 0 fully saturated rings. The number of nitrogens with two attached hydrogens (primary N) is 1. The maximum Gasteiger partial charge on any atom is 0.573 e. The Kier molecular flexibility index (Phi) is 3.09. The van der Waals surface area contributed by atoms with Gasteiger partial charge >= 0.3 is 6.36 Å². The topological polar surface area (TPSA) is 59.0 Å². The van der Waals surface area contributed by atoms with Crippen LogP contribution >= 0.6 is 15.9 Å². The number of halogens is 4. The highest BCUT2D eigenvalue weighted by atomic mass is 79.9. The molecule has 1 aromatic carbocycles. The number of alkyl halides is 3. The first-order valence-corrected chi connectivity index (χ1v) is 4.38. The van der Waals surface area contributed by atoms with Crippen molar-refractivity contribution in [2.45, 2.75) is 6.36 Å². The quantitative estimate of drug-likeness (QED) is 0.805. The van der Waals surface area contributed by atoms with E-state index in [4.69, 9.17) is 11.0 Å². The molecule has 0 heterocycles. The fourth-order valence-corrected chi connectivity index (χ4v) is 1.30. The zero-order chi connectivity index (χ0) is 11.6. The summed E-state index contributed by atoms with van der Waals surface area (Å²) in [5.41, 5.74) is 5.28. The van der Waals surface area contributed by atoms with Gasteiger partial charge in [0.05, 0.1) is 4.47 Å². The van der Waals surface area contributed by atoms with E-state index >= 15 is 0 Å². The smallest absolute Gasteiger partial charge is 0.404 e. The van der Waals surface area contributed by atoms with E-state index in [9.17, 15) is 13.2 Å². The average molecular weight is 281 g/mol. The van der Waals surface area contributed by atoms with Crippen molar-refractivity contribution in [3.8, 4) is 11.8 Å². The standard InChI is InChI=1S/C8H4BrF3N2O/c9-7-4(3-13)6(2-1-5(7)14)15-8(10,11)12/h1-2H,14H2. The third-order valence-corrected chi connectivity index (χ3v) is 2.33. The van der Waals surface area contributed by atoms with Crippen molar-refractivity contribution >= 4 is 21.6 Å². The predicted octanol–water partition coefficient (Wildman–Crippen LogP) is 2.80. The van der Waals surface area contributed by atoms with Gasteiger partial charge in [0.25, 0.3) is 0 Å². The summed E-state index contributed by atoms with van der Waals surface area (Å²) in [6, 6.07) is 3.78. The molecule has 0 spiro atoms. The Morgan fingerprint density at radius 3 is 2.47 bits per heavy atom. The Morgan fingerprint density at radius 1 is 1.40 bits per heavy atom. The lowest BCUT2D eigenvalue weighted by Gasteiger charge is -2.11. The molecule has 0 saturated heterocycles. The highest BCUT2D eigenvalue weighted by Crippen LogP contribution is 2.34. The first-order valence-electron chi connectivity index (χ1n) is 3.59. The maximum atomic E-state index is 11.9. The second kappa shape index (κ2) is 3.98. The van der Waals surface area contributed by atoms with E-state index in [2.05, 4.69) is 20.7 Å². The second-order valence-electron chi connectivity index (χ2n) is 2.50. The molecule has 0 aliphatic carbocycles. The Balaban J connectivity index is 3.21. The van der Waals surface area contributed by atoms with Crippen LogP contribution in [0, 0.1) is 11.3 Å². The predicted molar refractivity (Wildman–Crippen MR) is 50.0 cm³/mol. The second-order valence-corrected chi connectivity index (χ2v) is 3.29. The number of hydrogen-bond acceptors (Lipinski definition) is 3. The summed E-state index contributed by atoms with van der Waals surface area (Å²) in [7, 11) is 0. The summed E-state index contributed by atoms with van der Waals surface area (Å²) in [6.07, 6.45) is -4.83. The van der Waals surface area contributed by atoms with E-state index in [-0.39, 0.29) is 15.7 Å². The van der Waals surface area contributed by atoms with Crippen molar-refractivity contribution in [2.24, 2.45) is 0 Å². The van der Waals surface area contributed by atoms with Gasteiger partial charge in [-0.3, -0.25) is 0 Å². The molecule has 0 amide bonds. The number of hydrogen-bond donors (Lipinski definition) is 1. The summed E-state index contributed by atoms with van der Waals surface area (Å²) in [5, 5.41) is 8.64. The van der Waals surface area contributed by atoms with Crippen LogP contribution in [0.2, 0.25) is 0 Å². The summed E-state index contributed by atoms with van der Waals surface area (Å²) in [5.74, 6) is -0.578. The van der Waals surface area contributed by atoms with Crippen molar-refractivity contribution in [1.82, 2.24) is 0 Å². The van der Waals surface area contributed by atoms with Gasteiger partial charge in [0, 0.05) is 5.69 Å². The number of nitrogens with zero attached hydrogens (tertiary/aromatic N) is 1. The van der Waals surface area contributed by atoms with Gasteiger partial charge in [0.2, 0.25) is 0 Å². The molecule has 80 valence electrons. The first kappa shape index (κ1) is 11.7. The highest BCUT2D eigenvalue weighted by molar-refractivity contribution is 9.10. The van der Waals surface area contributed by atoms with Gasteiger partial charge in [-0.15, -0.1) is 13.2 Å². The number of benzene rings is 1. The number of rotatable bonds is 1. The Hall–Kier alpha value is -1.42. The Labute approximate surface area is 91.4 Å². The maximum absolute atomic E-state index is 11.9. The molecular formula is C8H4BrF3N2O. The summed E-state index contributed by atoms with van der Waals surface area (Å²) in [4.78, 5) is 0. The van der Waals surface area contributed by atoms with E-state index in [0.29, 0.717) is 0 Å². The van der Waals surface area contributed by atoms with Crippen molar-refractivity contribution in [3.05, 3.63) is 22.2 Å². The summed E-state index contributed by atoms with van der Waals surface area (Å²) >= 11 is 2.90. The van der Waals surface area contributed by atoms with Crippen molar-refractivity contribution in [3.63, 3.8) is 0 Å². The van der Waals surface area contributed by atoms with E-state index in [0.717, 1.165) is 6.07 Å². The van der Waals surface area contributed by atoms with Gasteiger partial charge in [-0.05, 0) is 28.1 Å². The summed E-state index contributed by atoms with van der Waals surface area (Å²) in [6.45, 7) is 0. The van der Waals surface area contributed by atoms with Crippen LogP contribution in [0.5, 0.6) is 5.75 Å². The van der Waals surface area contributed by atoms with Crippen molar-refractivity contribution in [2.75, 3.05) is 5.73 Å². The lowest BCUT2D eigenvalue weighted by molar-refractivity contribution is -0.274. The Bertz CT molecular complexity index is 425. The SMILES string of the molecule is N#Cc1c(OC(F)(F)F)ccc(N)c1Br. The van der Waals surface area contributed by atoms with Crippen LogP contribution in [0.25, 0.3) is 0 Å². The normalized spacial score (nSPS) is 10.9. The lowest BCUT2D eigenvalue weighted by atomic mass is 10.2. The van der Waals surface area contributed by atoms with Gasteiger partial charge in [0.1, 0.15) is 17.4 Å². The van der Waals surface area contributed by atoms with Crippen LogP contribution in [-0.4, -0.2) is 6.36 Å². The molecule has 0 unspecified atom stereocenters. The van der Waals surface area contributed by atoms with Crippen LogP contribution < -0.4 is 10.5 Å². The number of ether oxygens (including phenoxy) is 1. The third-order valence-electron chi connectivity index (χ3n) is 1.47. The van der Waals surface area contributed by atoms with Gasteiger partial charge in [-0.1, -0.05) is 0 Å². The van der Waals surface area contributed by atoms with Gasteiger partial charge in [-0.2, -0.15) is 5.26 Å². The van der Waals surface area contributed by atoms with Crippen LogP contribution in [0.1, 0.15) is 5.56 Å². The molecule has 2 N–H and O–H groups in total. The van der Waals surface area contributed by atoms with Crippen LogP contribution in [-0.2, 0) is 0 Å². The summed E-state index contributed by atoms with van der Waals surface area (Å²) < 4.78 is 39.5. The molecule has 0 bridgehead atoms. The molecule has 0 aliphatic rings. The van der Waals surface area contributed by atoms with Crippen molar-refractivity contribution in [1.29, 1.82) is 5.26 Å². The third kappa shape index (κ3) is 2.76. The lowest BCUT2D eigenvalue weighted by Crippen LogP contribution is -2.18. The zero-order valence-electron chi connectivity index (χ0n) is 7.10. The average Bonchev–Trinajstić information content (AvgIpc) is 2.10. The van der Waals surface area contributed by atoms with E-state index in [1.807, 2.05) is 0 Å². The minimum atomic E-state index is -4.83.